The third kappa shape index (κ3) is 5.10. The summed E-state index contributed by atoms with van der Waals surface area (Å²) in [6, 6.07) is 3.60. The van der Waals surface area contributed by atoms with E-state index in [0.717, 1.165) is 36.0 Å². The molecular weight excluding hydrogens is 254 g/mol. The predicted molar refractivity (Wildman–Crippen MR) is 75.2 cm³/mol. The number of thiophene rings is 1. The van der Waals surface area contributed by atoms with Crippen molar-refractivity contribution in [1.82, 2.24) is 4.90 Å². The van der Waals surface area contributed by atoms with Crippen molar-refractivity contribution in [2.45, 2.75) is 19.6 Å². The van der Waals surface area contributed by atoms with Crippen molar-refractivity contribution in [1.29, 1.82) is 0 Å². The largest absolute Gasteiger partial charge is 0.477 e. The molecule has 0 amide bonds. The molecule has 0 aliphatic carbocycles. The number of nitrogens with zero attached hydrogens (tertiary/aromatic N) is 1. The standard InChI is InChI=1S/C12H19NO2S2/c1-3-13(4-2)7-8-16-9-10-5-6-11(17-10)12(14)15/h5-6H,3-4,7-9H2,1-2H3,(H,14,15). The SMILES string of the molecule is CCN(CC)CCSCc1ccc(C(=O)O)s1. The topological polar surface area (TPSA) is 40.5 Å². The Bertz CT molecular complexity index is 348. The van der Waals surface area contributed by atoms with Crippen LogP contribution < -0.4 is 0 Å². The normalized spacial score (nSPS) is 11.0. The summed E-state index contributed by atoms with van der Waals surface area (Å²) < 4.78 is 0. The fourth-order valence-electron chi connectivity index (χ4n) is 1.48. The van der Waals surface area contributed by atoms with Crippen LogP contribution in [0.2, 0.25) is 0 Å². The van der Waals surface area contributed by atoms with Gasteiger partial charge in [-0.1, -0.05) is 13.8 Å². The van der Waals surface area contributed by atoms with Crippen LogP contribution in [0.1, 0.15) is 28.4 Å². The van der Waals surface area contributed by atoms with Crippen LogP contribution >= 0.6 is 23.1 Å². The lowest BCUT2D eigenvalue weighted by atomic mass is 10.4. The van der Waals surface area contributed by atoms with Gasteiger partial charge in [0.05, 0.1) is 0 Å². The zero-order valence-electron chi connectivity index (χ0n) is 10.3. The van der Waals surface area contributed by atoms with Crippen LogP contribution in [0.25, 0.3) is 0 Å². The lowest BCUT2D eigenvalue weighted by Crippen LogP contribution is -2.25. The maximum Gasteiger partial charge on any atom is 0.345 e. The Hall–Kier alpha value is -0.520. The molecule has 1 heterocycles. The molecule has 17 heavy (non-hydrogen) atoms. The van der Waals surface area contributed by atoms with Crippen molar-refractivity contribution < 1.29 is 9.90 Å². The monoisotopic (exact) mass is 273 g/mol. The summed E-state index contributed by atoms with van der Waals surface area (Å²) in [4.78, 5) is 14.7. The molecule has 0 aliphatic rings. The van der Waals surface area contributed by atoms with Crippen LogP contribution in [0.3, 0.4) is 0 Å². The molecule has 0 atom stereocenters. The highest BCUT2D eigenvalue weighted by molar-refractivity contribution is 7.98. The Morgan fingerprint density at radius 3 is 2.65 bits per heavy atom. The van der Waals surface area contributed by atoms with E-state index < -0.39 is 5.97 Å². The molecule has 96 valence electrons. The third-order valence-electron chi connectivity index (χ3n) is 2.56. The summed E-state index contributed by atoms with van der Waals surface area (Å²) in [5.41, 5.74) is 0. The predicted octanol–water partition coefficient (Wildman–Crippen LogP) is 3.02. The Kier molecular flexibility index (Phi) is 6.62. The minimum atomic E-state index is -0.825. The van der Waals surface area contributed by atoms with E-state index in [4.69, 9.17) is 5.11 Å². The zero-order chi connectivity index (χ0) is 12.7. The van der Waals surface area contributed by atoms with Gasteiger partial charge >= 0.3 is 5.97 Å². The molecule has 1 aromatic heterocycles. The minimum Gasteiger partial charge on any atom is -0.477 e. The molecule has 0 aromatic carbocycles. The average Bonchev–Trinajstić information content (AvgIpc) is 2.78. The molecule has 0 bridgehead atoms. The summed E-state index contributed by atoms with van der Waals surface area (Å²) in [5, 5.41) is 8.80. The summed E-state index contributed by atoms with van der Waals surface area (Å²) in [5.74, 6) is 1.19. The average molecular weight is 273 g/mol. The number of aromatic carboxylic acids is 1. The van der Waals surface area contributed by atoms with E-state index in [1.54, 1.807) is 6.07 Å². The highest BCUT2D eigenvalue weighted by atomic mass is 32.2. The number of carbonyl (C=O) groups is 1. The van der Waals surface area contributed by atoms with Crippen LogP contribution in [0.4, 0.5) is 0 Å². The molecule has 0 spiro atoms. The smallest absolute Gasteiger partial charge is 0.345 e. The Morgan fingerprint density at radius 1 is 1.41 bits per heavy atom. The first-order chi connectivity index (χ1) is 8.17. The molecule has 0 radical (unpaired) electrons. The van der Waals surface area contributed by atoms with Crippen molar-refractivity contribution >= 4 is 29.1 Å². The van der Waals surface area contributed by atoms with E-state index >= 15 is 0 Å². The molecule has 5 heteroatoms. The van der Waals surface area contributed by atoms with Gasteiger partial charge in [-0.3, -0.25) is 0 Å². The van der Waals surface area contributed by atoms with E-state index in [9.17, 15) is 4.79 Å². The maximum absolute atomic E-state index is 10.7. The molecule has 1 rings (SSSR count). The van der Waals surface area contributed by atoms with Crippen LogP contribution in [0.15, 0.2) is 12.1 Å². The van der Waals surface area contributed by atoms with Gasteiger partial charge in [0.1, 0.15) is 4.88 Å². The van der Waals surface area contributed by atoms with Crippen molar-refractivity contribution in [2.75, 3.05) is 25.4 Å². The van der Waals surface area contributed by atoms with E-state index in [2.05, 4.69) is 18.7 Å². The van der Waals surface area contributed by atoms with Crippen molar-refractivity contribution in [3.05, 3.63) is 21.9 Å². The molecule has 0 fully saturated rings. The highest BCUT2D eigenvalue weighted by Gasteiger charge is 2.06. The zero-order valence-corrected chi connectivity index (χ0v) is 11.9. The van der Waals surface area contributed by atoms with Gasteiger partial charge in [0.2, 0.25) is 0 Å². The summed E-state index contributed by atoms with van der Waals surface area (Å²) >= 11 is 3.24. The van der Waals surface area contributed by atoms with E-state index in [1.807, 2.05) is 17.8 Å². The Morgan fingerprint density at radius 2 is 2.12 bits per heavy atom. The lowest BCUT2D eigenvalue weighted by molar-refractivity contribution is 0.0702. The fraction of sp³-hybridized carbons (Fsp3) is 0.583. The Balaban J connectivity index is 2.24. The van der Waals surface area contributed by atoms with Crippen LogP contribution in [-0.2, 0) is 5.75 Å². The fourth-order valence-corrected chi connectivity index (χ4v) is 3.43. The van der Waals surface area contributed by atoms with Crippen LogP contribution in [-0.4, -0.2) is 41.4 Å². The minimum absolute atomic E-state index is 0.435. The van der Waals surface area contributed by atoms with Gasteiger partial charge in [0.15, 0.2) is 0 Å². The van der Waals surface area contributed by atoms with Gasteiger partial charge in [-0.05, 0) is 25.2 Å². The maximum atomic E-state index is 10.7. The van der Waals surface area contributed by atoms with E-state index in [1.165, 1.54) is 11.3 Å². The first kappa shape index (κ1) is 14.5. The molecular formula is C12H19NO2S2. The highest BCUT2D eigenvalue weighted by Crippen LogP contribution is 2.21. The van der Waals surface area contributed by atoms with Gasteiger partial charge in [-0.25, -0.2) is 4.79 Å². The first-order valence-corrected chi connectivity index (χ1v) is 7.76. The molecule has 0 saturated heterocycles. The number of carboxylic acids is 1. The molecule has 0 unspecified atom stereocenters. The summed E-state index contributed by atoms with van der Waals surface area (Å²) in [6.07, 6.45) is 0. The number of carboxylic acid groups (broad SMARTS) is 1. The van der Waals surface area contributed by atoms with Gasteiger partial charge in [0.25, 0.3) is 0 Å². The van der Waals surface area contributed by atoms with Crippen molar-refractivity contribution in [2.24, 2.45) is 0 Å². The first-order valence-electron chi connectivity index (χ1n) is 5.79. The van der Waals surface area contributed by atoms with Crippen molar-refractivity contribution in [3.63, 3.8) is 0 Å². The number of rotatable bonds is 8. The summed E-state index contributed by atoms with van der Waals surface area (Å²) in [6.45, 7) is 7.65. The number of hydrogen-bond donors (Lipinski definition) is 1. The molecule has 3 nitrogen and oxygen atoms in total. The number of hydrogen-bond acceptors (Lipinski definition) is 4. The quantitative estimate of drug-likeness (QED) is 0.739. The van der Waals surface area contributed by atoms with E-state index in [-0.39, 0.29) is 0 Å². The number of thioether (sulfide) groups is 1. The second kappa shape index (κ2) is 7.74. The van der Waals surface area contributed by atoms with E-state index in [0.29, 0.717) is 4.88 Å². The second-order valence-electron chi connectivity index (χ2n) is 3.65. The van der Waals surface area contributed by atoms with Crippen molar-refractivity contribution in [3.8, 4) is 0 Å². The molecule has 1 aromatic rings. The van der Waals surface area contributed by atoms with Crippen LogP contribution in [0, 0.1) is 0 Å². The van der Waals surface area contributed by atoms with Gasteiger partial charge in [0, 0.05) is 22.9 Å². The molecule has 0 aliphatic heterocycles. The molecule has 0 saturated carbocycles. The second-order valence-corrected chi connectivity index (χ2v) is 5.92. The summed E-state index contributed by atoms with van der Waals surface area (Å²) in [7, 11) is 0. The van der Waals surface area contributed by atoms with Gasteiger partial charge in [-0.15, -0.1) is 11.3 Å². The van der Waals surface area contributed by atoms with Gasteiger partial charge in [-0.2, -0.15) is 11.8 Å². The van der Waals surface area contributed by atoms with Gasteiger partial charge < -0.3 is 10.0 Å². The Labute approximate surface area is 111 Å². The molecule has 1 N–H and O–H groups in total. The van der Waals surface area contributed by atoms with Crippen LogP contribution in [0.5, 0.6) is 0 Å². The lowest BCUT2D eigenvalue weighted by Gasteiger charge is -2.17. The third-order valence-corrected chi connectivity index (χ3v) is 4.81.